The fourth-order valence-electron chi connectivity index (χ4n) is 3.69. The topological polar surface area (TPSA) is 57.2 Å². The number of halogens is 3. The van der Waals surface area contributed by atoms with Crippen molar-refractivity contribution < 1.29 is 26.1 Å². The van der Waals surface area contributed by atoms with Crippen LogP contribution in [0.4, 0.5) is 13.2 Å². The molecule has 0 bridgehead atoms. The summed E-state index contributed by atoms with van der Waals surface area (Å²) in [5, 5.41) is 5.58. The summed E-state index contributed by atoms with van der Waals surface area (Å²) in [6.07, 6.45) is 0. The molecule has 8 heteroatoms. The van der Waals surface area contributed by atoms with E-state index in [4.69, 9.17) is 13.0 Å². The minimum absolute atomic E-state index is 1.30. The maximum atomic E-state index is 10.7. The van der Waals surface area contributed by atoms with Crippen molar-refractivity contribution in [2.75, 3.05) is 0 Å². The number of hydrogen-bond acceptors (Lipinski definition) is 3. The van der Waals surface area contributed by atoms with E-state index in [-0.39, 0.29) is 0 Å². The third kappa shape index (κ3) is 5.55. The summed E-state index contributed by atoms with van der Waals surface area (Å²) in [5.74, 6) is 0. The van der Waals surface area contributed by atoms with Gasteiger partial charge in [0.1, 0.15) is 28.5 Å². The second-order valence-electron chi connectivity index (χ2n) is 7.42. The van der Waals surface area contributed by atoms with Crippen LogP contribution < -0.4 is 21.2 Å². The molecule has 0 unspecified atom stereocenters. The maximum absolute atomic E-state index is 10.7. The molecule has 0 aliphatic heterocycles. The molecule has 0 N–H and O–H groups in total. The van der Waals surface area contributed by atoms with E-state index in [1.165, 1.54) is 26.8 Å². The van der Waals surface area contributed by atoms with Crippen molar-refractivity contribution in [1.82, 2.24) is 0 Å². The highest BCUT2D eigenvalue weighted by Crippen LogP contribution is 2.54. The van der Waals surface area contributed by atoms with Gasteiger partial charge in [-0.2, -0.15) is 13.2 Å². The van der Waals surface area contributed by atoms with Crippen molar-refractivity contribution in [1.29, 1.82) is 0 Å². The molecule has 3 nitrogen and oxygen atoms in total. The Morgan fingerprint density at radius 3 is 1.24 bits per heavy atom. The van der Waals surface area contributed by atoms with Crippen LogP contribution in [0.5, 0.6) is 0 Å². The summed E-state index contributed by atoms with van der Waals surface area (Å²) in [5.41, 5.74) is -4.35. The quantitative estimate of drug-likeness (QED) is 0.232. The summed E-state index contributed by atoms with van der Waals surface area (Å²) in [6.45, 7) is 2.18. The first kappa shape index (κ1) is 25.6. The van der Waals surface area contributed by atoms with E-state index in [0.717, 1.165) is 0 Å². The lowest BCUT2D eigenvalue weighted by atomic mass is 10.2. The average molecular weight is 502 g/mol. The van der Waals surface area contributed by atoms with Gasteiger partial charge in [0.05, 0.1) is 0 Å². The fourth-order valence-corrected chi connectivity index (χ4v) is 8.04. The Balaban J connectivity index is 0.000000350. The van der Waals surface area contributed by atoms with Crippen molar-refractivity contribution in [2.45, 2.75) is 12.4 Å². The van der Waals surface area contributed by atoms with Gasteiger partial charge in [-0.15, -0.1) is 0 Å². The lowest BCUT2D eigenvalue weighted by molar-refractivity contribution is -0.0517. The summed E-state index contributed by atoms with van der Waals surface area (Å²) >= 11 is 0. The van der Waals surface area contributed by atoms with Gasteiger partial charge in [-0.25, -0.2) is 8.42 Å². The van der Waals surface area contributed by atoms with Crippen molar-refractivity contribution in [3.8, 4) is 0 Å². The first-order valence-electron chi connectivity index (χ1n) is 10.2. The fraction of sp³-hybridized carbons (Fsp3) is 0.0769. The number of rotatable bonds is 4. The van der Waals surface area contributed by atoms with Crippen LogP contribution in [0.15, 0.2) is 115 Å². The number of benzene rings is 4. The van der Waals surface area contributed by atoms with Gasteiger partial charge in [-0.3, -0.25) is 0 Å². The minimum atomic E-state index is -6.09. The largest absolute Gasteiger partial charge is 0.741 e. The Labute approximate surface area is 198 Å². The molecule has 4 rings (SSSR count). The number of alkyl halides is 3. The zero-order chi connectivity index (χ0) is 24.8. The third-order valence-corrected chi connectivity index (χ3v) is 9.94. The van der Waals surface area contributed by atoms with E-state index in [9.17, 15) is 13.2 Å². The Hall–Kier alpha value is -2.99. The highest BCUT2D eigenvalue weighted by atomic mass is 32.2. The van der Waals surface area contributed by atoms with Gasteiger partial charge in [0.15, 0.2) is 10.1 Å². The average Bonchev–Trinajstić information content (AvgIpc) is 2.81. The first-order chi connectivity index (χ1) is 16.1. The molecule has 0 radical (unpaired) electrons. The summed E-state index contributed by atoms with van der Waals surface area (Å²) in [7, 11) is -8.02. The molecule has 0 amide bonds. The number of hydrogen-bond donors (Lipinski definition) is 0. The molecular weight excluding hydrogens is 480 g/mol. The van der Waals surface area contributed by atoms with Crippen LogP contribution >= 0.6 is 7.26 Å². The van der Waals surface area contributed by atoms with Gasteiger partial charge >= 0.3 is 5.51 Å². The van der Waals surface area contributed by atoms with Crippen LogP contribution in [-0.2, 0) is 10.1 Å². The monoisotopic (exact) mass is 502 g/mol. The Bertz CT molecular complexity index is 1220. The Morgan fingerprint density at radius 1 is 0.618 bits per heavy atom. The van der Waals surface area contributed by atoms with Crippen molar-refractivity contribution in [3.63, 3.8) is 0 Å². The van der Waals surface area contributed by atoms with E-state index < -0.39 is 22.9 Å². The highest BCUT2D eigenvalue weighted by Gasteiger charge is 2.47. The summed E-state index contributed by atoms with van der Waals surface area (Å²) in [6, 6.07) is 42.0. The van der Waals surface area contributed by atoms with Crippen molar-refractivity contribution in [3.05, 3.63) is 121 Å². The van der Waals surface area contributed by atoms with Crippen LogP contribution in [-0.4, -0.2) is 18.5 Å². The molecule has 0 fully saturated rings. The van der Waals surface area contributed by atoms with Gasteiger partial charge < -0.3 is 4.55 Å². The van der Waals surface area contributed by atoms with Crippen LogP contribution in [0.1, 0.15) is 5.56 Å². The van der Waals surface area contributed by atoms with E-state index in [0.29, 0.717) is 0 Å². The Kier molecular flexibility index (Phi) is 7.93. The lowest BCUT2D eigenvalue weighted by Gasteiger charge is -2.27. The van der Waals surface area contributed by atoms with E-state index in [1.54, 1.807) is 0 Å². The normalized spacial score (nSPS) is 11.9. The summed E-state index contributed by atoms with van der Waals surface area (Å²) in [4.78, 5) is 0. The maximum Gasteiger partial charge on any atom is 0.485 e. The second kappa shape index (κ2) is 10.5. The predicted octanol–water partition coefficient (Wildman–Crippen LogP) is 4.67. The van der Waals surface area contributed by atoms with Gasteiger partial charge in [-0.05, 0) is 61.0 Å². The van der Waals surface area contributed by atoms with Gasteiger partial charge in [0.2, 0.25) is 0 Å². The van der Waals surface area contributed by atoms with Gasteiger partial charge in [-0.1, -0.05) is 66.7 Å². The zero-order valence-corrected chi connectivity index (χ0v) is 19.9. The molecular formula is C26H22F3O3PS. The lowest BCUT2D eigenvalue weighted by Crippen LogP contribution is -2.38. The van der Waals surface area contributed by atoms with Gasteiger partial charge in [0.25, 0.3) is 0 Å². The minimum Gasteiger partial charge on any atom is -0.741 e. The molecule has 0 saturated carbocycles. The molecule has 0 atom stereocenters. The van der Waals surface area contributed by atoms with Crippen molar-refractivity contribution in [2.24, 2.45) is 0 Å². The molecule has 0 spiro atoms. The SMILES string of the molecule is Cc1cccc([P+](c2ccccc2)(c2ccccc2)c2ccccc2)c1.O=S(=O)([O-])C(F)(F)F. The van der Waals surface area contributed by atoms with Crippen LogP contribution in [0, 0.1) is 6.92 Å². The second-order valence-corrected chi connectivity index (χ2v) is 12.2. The van der Waals surface area contributed by atoms with E-state index >= 15 is 0 Å². The van der Waals surface area contributed by atoms with E-state index in [2.05, 4.69) is 122 Å². The predicted molar refractivity (Wildman–Crippen MR) is 132 cm³/mol. The first-order valence-corrected chi connectivity index (χ1v) is 13.4. The molecule has 4 aromatic rings. The molecule has 0 heterocycles. The molecule has 0 aliphatic rings. The zero-order valence-electron chi connectivity index (χ0n) is 18.2. The van der Waals surface area contributed by atoms with E-state index in [1.807, 2.05) is 0 Å². The molecule has 176 valence electrons. The summed E-state index contributed by atoms with van der Waals surface area (Å²) < 4.78 is 58.9. The molecule has 34 heavy (non-hydrogen) atoms. The third-order valence-electron chi connectivity index (χ3n) is 5.10. The number of aryl methyl sites for hydroxylation is 1. The molecule has 0 saturated heterocycles. The smallest absolute Gasteiger partial charge is 0.485 e. The van der Waals surface area contributed by atoms with Crippen LogP contribution in [0.2, 0.25) is 0 Å². The Morgan fingerprint density at radius 2 is 0.941 bits per heavy atom. The molecule has 0 aromatic heterocycles. The van der Waals surface area contributed by atoms with Gasteiger partial charge in [0, 0.05) is 0 Å². The van der Waals surface area contributed by atoms with Crippen LogP contribution in [0.25, 0.3) is 0 Å². The molecule has 4 aromatic carbocycles. The molecule has 0 aliphatic carbocycles. The van der Waals surface area contributed by atoms with Crippen LogP contribution in [0.3, 0.4) is 0 Å². The van der Waals surface area contributed by atoms with Crippen molar-refractivity contribution >= 4 is 38.6 Å². The highest BCUT2D eigenvalue weighted by molar-refractivity contribution is 8.01. The standard InChI is InChI=1S/C25H22P.CHF3O3S/c1-21-12-11-19-25(20-21)26(22-13-5-2-6-14-22,23-15-7-3-8-16-23)24-17-9-4-10-18-24;2-1(3,4)8(5,6)7/h2-20H,1H3;(H,5,6,7)/q+1;/p-1.